The molecule has 0 amide bonds. The van der Waals surface area contributed by atoms with Crippen LogP contribution in [0.15, 0.2) is 35.3 Å². The number of aromatic hydroxyl groups is 1. The minimum absolute atomic E-state index is 0.177. The second-order valence-electron chi connectivity index (χ2n) is 4.12. The molecule has 0 unspecified atom stereocenters. The molecule has 0 atom stereocenters. The number of hydrogen-bond donors (Lipinski definition) is 2. The van der Waals surface area contributed by atoms with Gasteiger partial charge in [0.15, 0.2) is 5.65 Å². The van der Waals surface area contributed by atoms with Gasteiger partial charge in [-0.05, 0) is 31.2 Å². The second kappa shape index (κ2) is 4.69. The molecule has 0 fully saturated rings. The van der Waals surface area contributed by atoms with E-state index in [0.29, 0.717) is 23.6 Å². The number of nitrogens with zero attached hydrogens (tertiary/aromatic N) is 3. The lowest BCUT2D eigenvalue weighted by molar-refractivity contribution is 0.122. The molecule has 7 nitrogen and oxygen atoms in total. The Bertz CT molecular complexity index is 805. The number of phenolic OH excluding ortho intramolecular Hbond substituents is 1. The van der Waals surface area contributed by atoms with Crippen molar-refractivity contribution in [1.29, 1.82) is 0 Å². The van der Waals surface area contributed by atoms with Crippen molar-refractivity contribution >= 4 is 11.3 Å². The Kier molecular flexibility index (Phi) is 2.86. The molecule has 7 heteroatoms. The Balaban J connectivity index is 2.16. The van der Waals surface area contributed by atoms with Gasteiger partial charge in [-0.15, -0.1) is 4.73 Å². The first kappa shape index (κ1) is 12.2. The van der Waals surface area contributed by atoms with E-state index in [9.17, 15) is 9.90 Å². The number of imidazole rings is 1. The Labute approximate surface area is 113 Å². The summed E-state index contributed by atoms with van der Waals surface area (Å²) in [4.78, 5) is 28.0. The molecule has 20 heavy (non-hydrogen) atoms. The Morgan fingerprint density at radius 2 is 2.10 bits per heavy atom. The molecule has 3 rings (SSSR count). The van der Waals surface area contributed by atoms with Crippen molar-refractivity contribution in [3.05, 3.63) is 40.9 Å². The fourth-order valence-electron chi connectivity index (χ4n) is 1.88. The zero-order valence-electron chi connectivity index (χ0n) is 10.7. The van der Waals surface area contributed by atoms with Crippen LogP contribution < -0.4 is 10.5 Å². The zero-order valence-corrected chi connectivity index (χ0v) is 10.7. The summed E-state index contributed by atoms with van der Waals surface area (Å²) in [6.45, 7) is 2.13. The van der Waals surface area contributed by atoms with E-state index in [1.165, 1.54) is 0 Å². The number of H-pyrrole nitrogens is 1. The van der Waals surface area contributed by atoms with Gasteiger partial charge < -0.3 is 9.94 Å². The van der Waals surface area contributed by atoms with Gasteiger partial charge in [0.2, 0.25) is 5.65 Å². The number of hydrogen-bond acceptors (Lipinski definition) is 5. The number of fused-ring (bicyclic) bond motifs is 1. The molecule has 102 valence electrons. The summed E-state index contributed by atoms with van der Waals surface area (Å²) in [6.07, 6.45) is 1.56. The number of phenols is 1. The van der Waals surface area contributed by atoms with Crippen LogP contribution in [0, 0.1) is 0 Å². The Morgan fingerprint density at radius 1 is 1.35 bits per heavy atom. The maximum Gasteiger partial charge on any atom is 0.362 e. The molecular weight excluding hydrogens is 260 g/mol. The lowest BCUT2D eigenvalue weighted by Crippen LogP contribution is -2.24. The van der Waals surface area contributed by atoms with Crippen molar-refractivity contribution in [2.75, 3.05) is 6.61 Å². The maximum absolute atomic E-state index is 11.7. The van der Waals surface area contributed by atoms with Crippen molar-refractivity contribution < 1.29 is 9.94 Å². The van der Waals surface area contributed by atoms with E-state index in [-0.39, 0.29) is 5.75 Å². The SMILES string of the molecule is CCOn1c(=O)[nH]c2ncc(-c3ccc(O)cc3)nc21. The van der Waals surface area contributed by atoms with E-state index in [0.717, 1.165) is 10.3 Å². The third-order valence-corrected chi connectivity index (χ3v) is 2.78. The van der Waals surface area contributed by atoms with Crippen LogP contribution in [0.5, 0.6) is 5.75 Å². The summed E-state index contributed by atoms with van der Waals surface area (Å²) >= 11 is 0. The lowest BCUT2D eigenvalue weighted by Gasteiger charge is -2.04. The van der Waals surface area contributed by atoms with Crippen molar-refractivity contribution in [2.45, 2.75) is 6.92 Å². The third kappa shape index (κ3) is 1.99. The van der Waals surface area contributed by atoms with Crippen LogP contribution in [-0.4, -0.2) is 31.4 Å². The summed E-state index contributed by atoms with van der Waals surface area (Å²) < 4.78 is 1.09. The number of nitrogens with one attached hydrogen (secondary N) is 1. The van der Waals surface area contributed by atoms with Crippen LogP contribution in [0.25, 0.3) is 22.6 Å². The molecule has 0 spiro atoms. The van der Waals surface area contributed by atoms with Crippen molar-refractivity contribution in [1.82, 2.24) is 19.7 Å². The van der Waals surface area contributed by atoms with E-state index in [1.54, 1.807) is 37.4 Å². The number of rotatable bonds is 3. The second-order valence-corrected chi connectivity index (χ2v) is 4.12. The van der Waals surface area contributed by atoms with Gasteiger partial charge >= 0.3 is 5.69 Å². The van der Waals surface area contributed by atoms with Gasteiger partial charge in [0.25, 0.3) is 0 Å². The van der Waals surface area contributed by atoms with Gasteiger partial charge in [0.1, 0.15) is 12.4 Å². The van der Waals surface area contributed by atoms with Crippen LogP contribution in [0.2, 0.25) is 0 Å². The summed E-state index contributed by atoms with van der Waals surface area (Å²) in [5.74, 6) is 0.177. The van der Waals surface area contributed by atoms with Crippen molar-refractivity contribution in [3.63, 3.8) is 0 Å². The van der Waals surface area contributed by atoms with Crippen molar-refractivity contribution in [3.8, 4) is 17.0 Å². The quantitative estimate of drug-likeness (QED) is 0.740. The first-order valence-electron chi connectivity index (χ1n) is 6.09. The molecule has 2 N–H and O–H groups in total. The smallest absolute Gasteiger partial charge is 0.362 e. The summed E-state index contributed by atoms with van der Waals surface area (Å²) in [6, 6.07) is 6.57. The first-order valence-corrected chi connectivity index (χ1v) is 6.09. The molecule has 2 heterocycles. The van der Waals surface area contributed by atoms with Gasteiger partial charge in [0.05, 0.1) is 11.9 Å². The minimum atomic E-state index is -0.412. The normalized spacial score (nSPS) is 10.8. The maximum atomic E-state index is 11.7. The average Bonchev–Trinajstić information content (AvgIpc) is 2.76. The molecule has 0 aliphatic rings. The third-order valence-electron chi connectivity index (χ3n) is 2.78. The molecule has 0 radical (unpaired) electrons. The highest BCUT2D eigenvalue weighted by Crippen LogP contribution is 2.20. The molecule has 3 aromatic rings. The van der Waals surface area contributed by atoms with Crippen LogP contribution in [-0.2, 0) is 0 Å². The predicted molar refractivity (Wildman–Crippen MR) is 72.4 cm³/mol. The van der Waals surface area contributed by atoms with Gasteiger partial charge in [-0.2, -0.15) is 0 Å². The fraction of sp³-hybridized carbons (Fsp3) is 0.154. The number of benzene rings is 1. The van der Waals surface area contributed by atoms with E-state index < -0.39 is 5.69 Å². The van der Waals surface area contributed by atoms with E-state index in [4.69, 9.17) is 4.84 Å². The van der Waals surface area contributed by atoms with Gasteiger partial charge in [-0.1, -0.05) is 0 Å². The molecule has 0 aliphatic carbocycles. The van der Waals surface area contributed by atoms with Crippen LogP contribution in [0.4, 0.5) is 0 Å². The van der Waals surface area contributed by atoms with E-state index >= 15 is 0 Å². The monoisotopic (exact) mass is 272 g/mol. The topological polar surface area (TPSA) is 93.0 Å². The molecule has 0 bridgehead atoms. The highest BCUT2D eigenvalue weighted by molar-refractivity contribution is 5.70. The standard InChI is InChI=1S/C13H12N4O3/c1-2-20-17-12-11(16-13(17)19)14-7-10(15-12)8-3-5-9(18)6-4-8/h3-7,18H,2H2,1H3,(H,14,16,19). The largest absolute Gasteiger partial charge is 0.508 e. The van der Waals surface area contributed by atoms with Gasteiger partial charge in [-0.3, -0.25) is 4.98 Å². The van der Waals surface area contributed by atoms with E-state index in [2.05, 4.69) is 15.0 Å². The lowest BCUT2D eigenvalue weighted by atomic mass is 10.1. The van der Waals surface area contributed by atoms with Crippen molar-refractivity contribution in [2.24, 2.45) is 0 Å². The molecule has 0 saturated heterocycles. The average molecular weight is 272 g/mol. The Morgan fingerprint density at radius 3 is 2.80 bits per heavy atom. The Hall–Kier alpha value is -2.83. The number of aromatic nitrogens is 4. The molecule has 1 aromatic carbocycles. The van der Waals surface area contributed by atoms with Crippen LogP contribution in [0.3, 0.4) is 0 Å². The van der Waals surface area contributed by atoms with E-state index in [1.807, 2.05) is 0 Å². The number of aromatic amines is 1. The highest BCUT2D eigenvalue weighted by Gasteiger charge is 2.11. The van der Waals surface area contributed by atoms with Crippen LogP contribution in [0.1, 0.15) is 6.92 Å². The fourth-order valence-corrected chi connectivity index (χ4v) is 1.88. The summed E-state index contributed by atoms with van der Waals surface area (Å²) in [5.41, 5.74) is 1.66. The molecule has 0 saturated carbocycles. The zero-order chi connectivity index (χ0) is 14.1. The van der Waals surface area contributed by atoms with Gasteiger partial charge in [-0.25, -0.2) is 14.8 Å². The van der Waals surface area contributed by atoms with Gasteiger partial charge in [0, 0.05) is 5.56 Å². The molecule has 0 aliphatic heterocycles. The first-order chi connectivity index (χ1) is 9.69. The summed E-state index contributed by atoms with van der Waals surface area (Å²) in [7, 11) is 0. The minimum Gasteiger partial charge on any atom is -0.508 e. The summed E-state index contributed by atoms with van der Waals surface area (Å²) in [5, 5.41) is 9.29. The molecular formula is C13H12N4O3. The molecule has 2 aromatic heterocycles. The highest BCUT2D eigenvalue weighted by atomic mass is 16.7. The predicted octanol–water partition coefficient (Wildman–Crippen LogP) is 0.941. The van der Waals surface area contributed by atoms with Crippen LogP contribution >= 0.6 is 0 Å².